The van der Waals surface area contributed by atoms with Crippen LogP contribution in [0.2, 0.25) is 0 Å². The summed E-state index contributed by atoms with van der Waals surface area (Å²) < 4.78 is 5.06. The number of carbonyl (C=O) groups is 1. The van der Waals surface area contributed by atoms with Crippen molar-refractivity contribution in [1.29, 1.82) is 0 Å². The Morgan fingerprint density at radius 1 is 1.19 bits per heavy atom. The Morgan fingerprint density at radius 2 is 1.95 bits per heavy atom. The highest BCUT2D eigenvalue weighted by atomic mass is 32.2. The van der Waals surface area contributed by atoms with E-state index in [1.54, 1.807) is 11.8 Å². The highest BCUT2D eigenvalue weighted by Crippen LogP contribution is 2.38. The third-order valence-corrected chi connectivity index (χ3v) is 4.77. The zero-order valence-electron chi connectivity index (χ0n) is 12.3. The molecule has 0 bridgehead atoms. The Morgan fingerprint density at radius 3 is 2.76 bits per heavy atom. The predicted molar refractivity (Wildman–Crippen MR) is 86.6 cm³/mol. The molecule has 0 radical (unpaired) electrons. The van der Waals surface area contributed by atoms with Gasteiger partial charge in [0, 0.05) is 4.90 Å². The molecular weight excluding hydrogens is 280 g/mol. The molecule has 1 aliphatic carbocycles. The molecule has 21 heavy (non-hydrogen) atoms. The summed E-state index contributed by atoms with van der Waals surface area (Å²) in [6.07, 6.45) is 0.980. The first-order valence-corrected chi connectivity index (χ1v) is 8.11. The van der Waals surface area contributed by atoms with E-state index in [4.69, 9.17) is 4.74 Å². The number of rotatable bonds is 4. The average Bonchev–Trinajstić information content (AvgIpc) is 2.85. The standard InChI is InChI=1S/C18H18O2S/c1-3-20-18(19)12(2)21-15-8-9-17-14(11-15)10-13-6-4-5-7-16(13)17/h4-9,11-12H,3,10H2,1-2H3. The van der Waals surface area contributed by atoms with Crippen LogP contribution in [0, 0.1) is 0 Å². The van der Waals surface area contributed by atoms with Gasteiger partial charge in [-0.1, -0.05) is 30.3 Å². The normalized spacial score (nSPS) is 13.4. The van der Waals surface area contributed by atoms with Gasteiger partial charge in [0.05, 0.1) is 6.61 Å². The molecule has 0 saturated heterocycles. The number of ether oxygens (including phenoxy) is 1. The molecule has 3 heteroatoms. The number of fused-ring (bicyclic) bond motifs is 3. The topological polar surface area (TPSA) is 26.3 Å². The van der Waals surface area contributed by atoms with E-state index in [1.807, 2.05) is 13.8 Å². The molecule has 0 aliphatic heterocycles. The highest BCUT2D eigenvalue weighted by Gasteiger charge is 2.20. The lowest BCUT2D eigenvalue weighted by atomic mass is 10.1. The number of esters is 1. The lowest BCUT2D eigenvalue weighted by Crippen LogP contribution is -2.16. The van der Waals surface area contributed by atoms with Gasteiger partial charge in [-0.3, -0.25) is 4.79 Å². The fraction of sp³-hybridized carbons (Fsp3) is 0.278. The lowest BCUT2D eigenvalue weighted by molar-refractivity contribution is -0.142. The molecule has 2 aromatic carbocycles. The van der Waals surface area contributed by atoms with Crippen molar-refractivity contribution >= 4 is 17.7 Å². The Hall–Kier alpha value is -1.74. The molecule has 0 saturated carbocycles. The van der Waals surface area contributed by atoms with E-state index in [0.29, 0.717) is 6.61 Å². The van der Waals surface area contributed by atoms with E-state index >= 15 is 0 Å². The Labute approximate surface area is 129 Å². The highest BCUT2D eigenvalue weighted by molar-refractivity contribution is 8.00. The van der Waals surface area contributed by atoms with Gasteiger partial charge >= 0.3 is 5.97 Å². The first-order chi connectivity index (χ1) is 10.2. The van der Waals surface area contributed by atoms with Crippen LogP contribution in [0.3, 0.4) is 0 Å². The molecule has 1 aliphatic rings. The second-order valence-electron chi connectivity index (χ2n) is 5.17. The summed E-state index contributed by atoms with van der Waals surface area (Å²) in [6.45, 7) is 4.16. The van der Waals surface area contributed by atoms with E-state index in [2.05, 4.69) is 42.5 Å². The van der Waals surface area contributed by atoms with Gasteiger partial charge in [0.25, 0.3) is 0 Å². The quantitative estimate of drug-likeness (QED) is 0.530. The minimum absolute atomic E-state index is 0.147. The molecule has 0 N–H and O–H groups in total. The van der Waals surface area contributed by atoms with Gasteiger partial charge in [-0.25, -0.2) is 0 Å². The number of hydrogen-bond donors (Lipinski definition) is 0. The Kier molecular flexibility index (Phi) is 4.02. The first kappa shape index (κ1) is 14.2. The largest absolute Gasteiger partial charge is 0.465 e. The second-order valence-corrected chi connectivity index (χ2v) is 6.58. The van der Waals surface area contributed by atoms with Gasteiger partial charge in [0.2, 0.25) is 0 Å². The molecule has 0 amide bonds. The summed E-state index contributed by atoms with van der Waals surface area (Å²) in [4.78, 5) is 12.8. The van der Waals surface area contributed by atoms with E-state index in [1.165, 1.54) is 22.3 Å². The molecule has 1 unspecified atom stereocenters. The summed E-state index contributed by atoms with van der Waals surface area (Å²) >= 11 is 1.56. The van der Waals surface area contributed by atoms with Crippen LogP contribution in [0.5, 0.6) is 0 Å². The van der Waals surface area contributed by atoms with Gasteiger partial charge in [-0.15, -0.1) is 11.8 Å². The fourth-order valence-electron chi connectivity index (χ4n) is 2.71. The van der Waals surface area contributed by atoms with E-state index in [9.17, 15) is 4.79 Å². The van der Waals surface area contributed by atoms with Crippen molar-refractivity contribution in [2.75, 3.05) is 6.61 Å². The van der Waals surface area contributed by atoms with Gasteiger partial charge in [0.1, 0.15) is 5.25 Å². The average molecular weight is 298 g/mol. The predicted octanol–water partition coefficient (Wildman–Crippen LogP) is 4.30. The first-order valence-electron chi connectivity index (χ1n) is 7.23. The summed E-state index contributed by atoms with van der Waals surface area (Å²) in [5.41, 5.74) is 5.38. The zero-order valence-corrected chi connectivity index (χ0v) is 13.1. The third-order valence-electron chi connectivity index (χ3n) is 3.70. The van der Waals surface area contributed by atoms with Crippen molar-refractivity contribution in [3.05, 3.63) is 53.6 Å². The van der Waals surface area contributed by atoms with Crippen LogP contribution in [0.15, 0.2) is 47.4 Å². The van der Waals surface area contributed by atoms with Gasteiger partial charge in [-0.05, 0) is 54.7 Å². The van der Waals surface area contributed by atoms with Crippen molar-refractivity contribution in [3.63, 3.8) is 0 Å². The molecule has 3 rings (SSSR count). The van der Waals surface area contributed by atoms with Crippen molar-refractivity contribution < 1.29 is 9.53 Å². The maximum atomic E-state index is 11.7. The van der Waals surface area contributed by atoms with Gasteiger partial charge in [-0.2, -0.15) is 0 Å². The smallest absolute Gasteiger partial charge is 0.319 e. The zero-order chi connectivity index (χ0) is 14.8. The number of benzene rings is 2. The maximum absolute atomic E-state index is 11.7. The Balaban J connectivity index is 1.79. The minimum atomic E-state index is -0.174. The van der Waals surface area contributed by atoms with Gasteiger partial charge < -0.3 is 4.74 Å². The van der Waals surface area contributed by atoms with Crippen molar-refractivity contribution in [3.8, 4) is 11.1 Å². The van der Waals surface area contributed by atoms with Crippen LogP contribution in [-0.4, -0.2) is 17.8 Å². The SMILES string of the molecule is CCOC(=O)C(C)Sc1ccc2c(c1)Cc1ccccc1-2. The molecule has 0 spiro atoms. The lowest BCUT2D eigenvalue weighted by Gasteiger charge is -2.11. The van der Waals surface area contributed by atoms with Crippen LogP contribution in [-0.2, 0) is 16.0 Å². The van der Waals surface area contributed by atoms with Crippen molar-refractivity contribution in [1.82, 2.24) is 0 Å². The monoisotopic (exact) mass is 298 g/mol. The summed E-state index contributed by atoms with van der Waals surface area (Å²) in [7, 11) is 0. The van der Waals surface area contributed by atoms with Crippen molar-refractivity contribution in [2.24, 2.45) is 0 Å². The van der Waals surface area contributed by atoms with Gasteiger partial charge in [0.15, 0.2) is 0 Å². The van der Waals surface area contributed by atoms with E-state index < -0.39 is 0 Å². The summed E-state index contributed by atoms with van der Waals surface area (Å²) in [6, 6.07) is 15.0. The van der Waals surface area contributed by atoms with E-state index in [-0.39, 0.29) is 11.2 Å². The Bertz CT molecular complexity index is 679. The van der Waals surface area contributed by atoms with Crippen LogP contribution in [0.1, 0.15) is 25.0 Å². The second kappa shape index (κ2) is 5.94. The van der Waals surface area contributed by atoms with Crippen LogP contribution in [0.4, 0.5) is 0 Å². The molecule has 0 fully saturated rings. The number of carbonyl (C=O) groups excluding carboxylic acids is 1. The maximum Gasteiger partial charge on any atom is 0.319 e. The molecule has 1 atom stereocenters. The van der Waals surface area contributed by atoms with Crippen LogP contribution in [0.25, 0.3) is 11.1 Å². The van der Waals surface area contributed by atoms with Crippen LogP contribution >= 0.6 is 11.8 Å². The van der Waals surface area contributed by atoms with E-state index in [0.717, 1.165) is 11.3 Å². The fourth-order valence-corrected chi connectivity index (χ4v) is 3.64. The molecule has 0 aromatic heterocycles. The molecular formula is C18H18O2S. The molecule has 108 valence electrons. The number of hydrogen-bond acceptors (Lipinski definition) is 3. The minimum Gasteiger partial charge on any atom is -0.465 e. The molecule has 2 nitrogen and oxygen atoms in total. The van der Waals surface area contributed by atoms with Crippen molar-refractivity contribution in [2.45, 2.75) is 30.4 Å². The number of thioether (sulfide) groups is 1. The summed E-state index contributed by atoms with van der Waals surface area (Å²) in [5.74, 6) is -0.147. The molecule has 2 aromatic rings. The molecule has 0 heterocycles. The summed E-state index contributed by atoms with van der Waals surface area (Å²) in [5, 5.41) is -0.174. The van der Waals surface area contributed by atoms with Crippen LogP contribution < -0.4 is 0 Å². The third kappa shape index (κ3) is 2.84.